The quantitative estimate of drug-likeness (QED) is 0.849. The number of benzene rings is 1. The van der Waals surface area contributed by atoms with E-state index in [9.17, 15) is 5.11 Å². The maximum atomic E-state index is 10.4. The van der Waals surface area contributed by atoms with Crippen LogP contribution in [0.5, 0.6) is 0 Å². The van der Waals surface area contributed by atoms with Gasteiger partial charge in [-0.1, -0.05) is 57.9 Å². The zero-order chi connectivity index (χ0) is 15.3. The number of nitrogens with zero attached hydrogens (tertiary/aromatic N) is 1. The van der Waals surface area contributed by atoms with Gasteiger partial charge in [-0.25, -0.2) is 0 Å². The van der Waals surface area contributed by atoms with E-state index in [1.165, 1.54) is 31.2 Å². The van der Waals surface area contributed by atoms with Crippen LogP contribution in [-0.2, 0) is 6.42 Å². The highest BCUT2D eigenvalue weighted by molar-refractivity contribution is 5.24. The van der Waals surface area contributed by atoms with E-state index in [-0.39, 0.29) is 6.10 Å². The van der Waals surface area contributed by atoms with Gasteiger partial charge in [0.05, 0.1) is 6.10 Å². The van der Waals surface area contributed by atoms with Crippen LogP contribution in [0.25, 0.3) is 0 Å². The van der Waals surface area contributed by atoms with Crippen LogP contribution < -0.4 is 0 Å². The van der Waals surface area contributed by atoms with Crippen molar-refractivity contribution >= 4 is 0 Å². The molecule has 1 heterocycles. The molecule has 0 aromatic heterocycles. The van der Waals surface area contributed by atoms with Crippen LogP contribution >= 0.6 is 0 Å². The molecule has 2 nitrogen and oxygen atoms in total. The number of piperidine rings is 1. The van der Waals surface area contributed by atoms with Crippen LogP contribution in [0.2, 0.25) is 0 Å². The SMILES string of the molecule is CCCc1ccc(C(O)CN2CCC(C)(CC)CC2)cc1. The van der Waals surface area contributed by atoms with Gasteiger partial charge < -0.3 is 10.0 Å². The first-order valence-corrected chi connectivity index (χ1v) is 8.55. The zero-order valence-corrected chi connectivity index (χ0v) is 13.9. The van der Waals surface area contributed by atoms with Crippen molar-refractivity contribution in [2.75, 3.05) is 19.6 Å². The lowest BCUT2D eigenvalue weighted by molar-refractivity contribution is 0.0626. The maximum Gasteiger partial charge on any atom is 0.0916 e. The van der Waals surface area contributed by atoms with E-state index in [1.54, 1.807) is 0 Å². The highest BCUT2D eigenvalue weighted by Gasteiger charge is 2.28. The Morgan fingerprint density at radius 2 is 1.76 bits per heavy atom. The van der Waals surface area contributed by atoms with E-state index < -0.39 is 0 Å². The lowest BCUT2D eigenvalue weighted by Crippen LogP contribution is -2.40. The van der Waals surface area contributed by atoms with Crippen molar-refractivity contribution in [2.45, 2.75) is 59.0 Å². The second-order valence-electron chi connectivity index (χ2n) is 6.97. The molecule has 0 saturated carbocycles. The summed E-state index contributed by atoms with van der Waals surface area (Å²) in [6, 6.07) is 8.50. The lowest BCUT2D eigenvalue weighted by Gasteiger charge is -2.39. The summed E-state index contributed by atoms with van der Waals surface area (Å²) in [7, 11) is 0. The monoisotopic (exact) mass is 289 g/mol. The first kappa shape index (κ1) is 16.5. The van der Waals surface area contributed by atoms with E-state index in [4.69, 9.17) is 0 Å². The van der Waals surface area contributed by atoms with E-state index in [0.29, 0.717) is 5.41 Å². The summed E-state index contributed by atoms with van der Waals surface area (Å²) >= 11 is 0. The smallest absolute Gasteiger partial charge is 0.0916 e. The molecule has 118 valence electrons. The van der Waals surface area contributed by atoms with Gasteiger partial charge in [-0.15, -0.1) is 0 Å². The normalized spacial score (nSPS) is 20.4. The number of aryl methyl sites for hydroxylation is 1. The molecule has 1 aromatic rings. The molecule has 1 aliphatic rings. The molecule has 0 amide bonds. The first-order chi connectivity index (χ1) is 10.1. The Hall–Kier alpha value is -0.860. The molecule has 2 heteroatoms. The van der Waals surface area contributed by atoms with Crippen molar-refractivity contribution < 1.29 is 5.11 Å². The molecule has 1 saturated heterocycles. The topological polar surface area (TPSA) is 23.5 Å². The summed E-state index contributed by atoms with van der Waals surface area (Å²) in [5, 5.41) is 10.4. The minimum absolute atomic E-state index is 0.355. The third kappa shape index (κ3) is 4.55. The Kier molecular flexibility index (Phi) is 5.83. The highest BCUT2D eigenvalue weighted by atomic mass is 16.3. The lowest BCUT2D eigenvalue weighted by atomic mass is 9.78. The van der Waals surface area contributed by atoms with Crippen molar-refractivity contribution in [3.63, 3.8) is 0 Å². The third-order valence-corrected chi connectivity index (χ3v) is 5.25. The molecule has 1 atom stereocenters. The number of aliphatic hydroxyl groups is 1. The number of likely N-dealkylation sites (tertiary alicyclic amines) is 1. The fourth-order valence-electron chi connectivity index (χ4n) is 3.17. The van der Waals surface area contributed by atoms with Gasteiger partial charge >= 0.3 is 0 Å². The van der Waals surface area contributed by atoms with Gasteiger partial charge in [0.2, 0.25) is 0 Å². The van der Waals surface area contributed by atoms with Gasteiger partial charge in [0.1, 0.15) is 0 Å². The van der Waals surface area contributed by atoms with Crippen LogP contribution in [0.3, 0.4) is 0 Å². The van der Waals surface area contributed by atoms with E-state index in [2.05, 4.69) is 49.9 Å². The van der Waals surface area contributed by atoms with Crippen LogP contribution in [0.4, 0.5) is 0 Å². The Morgan fingerprint density at radius 1 is 1.14 bits per heavy atom. The fraction of sp³-hybridized carbons (Fsp3) is 0.684. The summed E-state index contributed by atoms with van der Waals surface area (Å²) in [5.74, 6) is 0. The van der Waals surface area contributed by atoms with E-state index in [1.807, 2.05) is 0 Å². The Morgan fingerprint density at radius 3 is 2.29 bits per heavy atom. The predicted molar refractivity (Wildman–Crippen MR) is 89.5 cm³/mol. The van der Waals surface area contributed by atoms with Gasteiger partial charge in [0, 0.05) is 6.54 Å². The Balaban J connectivity index is 1.85. The average Bonchev–Trinajstić information content (AvgIpc) is 2.51. The van der Waals surface area contributed by atoms with Crippen molar-refractivity contribution in [1.82, 2.24) is 4.90 Å². The molecular weight excluding hydrogens is 258 g/mol. The zero-order valence-electron chi connectivity index (χ0n) is 13.9. The standard InChI is InChI=1S/C19H31NO/c1-4-6-16-7-9-17(10-8-16)18(21)15-20-13-11-19(3,5-2)12-14-20/h7-10,18,21H,4-6,11-15H2,1-3H3. The molecule has 0 radical (unpaired) electrons. The minimum atomic E-state index is -0.355. The van der Waals surface area contributed by atoms with Crippen LogP contribution in [0.1, 0.15) is 63.7 Å². The number of β-amino-alcohol motifs (C(OH)–C–C–N with tert-alkyl or cyclic N) is 1. The summed E-state index contributed by atoms with van der Waals surface area (Å²) in [6.07, 6.45) is 5.72. The van der Waals surface area contributed by atoms with E-state index >= 15 is 0 Å². The Bertz CT molecular complexity index is 418. The molecular formula is C19H31NO. The average molecular weight is 289 g/mol. The van der Waals surface area contributed by atoms with Crippen molar-refractivity contribution in [1.29, 1.82) is 0 Å². The molecule has 0 aliphatic carbocycles. The fourth-order valence-corrected chi connectivity index (χ4v) is 3.17. The number of rotatable bonds is 6. The Labute approximate surface area is 130 Å². The van der Waals surface area contributed by atoms with Gasteiger partial charge in [-0.05, 0) is 48.9 Å². The number of hydrogen-bond donors (Lipinski definition) is 1. The van der Waals surface area contributed by atoms with Gasteiger partial charge in [-0.3, -0.25) is 0 Å². The predicted octanol–water partition coefficient (Wildman–Crippen LogP) is 4.18. The maximum absolute atomic E-state index is 10.4. The molecule has 1 N–H and O–H groups in total. The summed E-state index contributed by atoms with van der Waals surface area (Å²) in [4.78, 5) is 2.42. The molecule has 1 fully saturated rings. The second kappa shape index (κ2) is 7.42. The molecule has 21 heavy (non-hydrogen) atoms. The van der Waals surface area contributed by atoms with Crippen LogP contribution in [-0.4, -0.2) is 29.6 Å². The van der Waals surface area contributed by atoms with Gasteiger partial charge in [0.15, 0.2) is 0 Å². The third-order valence-electron chi connectivity index (χ3n) is 5.25. The first-order valence-electron chi connectivity index (χ1n) is 8.55. The number of aliphatic hydroxyl groups excluding tert-OH is 1. The molecule has 1 unspecified atom stereocenters. The summed E-state index contributed by atoms with van der Waals surface area (Å²) in [6.45, 7) is 9.90. The molecule has 1 aliphatic heterocycles. The van der Waals surface area contributed by atoms with Crippen molar-refractivity contribution in [2.24, 2.45) is 5.41 Å². The minimum Gasteiger partial charge on any atom is -0.387 e. The molecule has 1 aromatic carbocycles. The highest BCUT2D eigenvalue weighted by Crippen LogP contribution is 2.34. The van der Waals surface area contributed by atoms with E-state index in [0.717, 1.165) is 31.6 Å². The molecule has 0 bridgehead atoms. The summed E-state index contributed by atoms with van der Waals surface area (Å²) in [5.41, 5.74) is 2.94. The second-order valence-corrected chi connectivity index (χ2v) is 6.97. The molecule has 0 spiro atoms. The van der Waals surface area contributed by atoms with Gasteiger partial charge in [0.25, 0.3) is 0 Å². The van der Waals surface area contributed by atoms with Gasteiger partial charge in [-0.2, -0.15) is 0 Å². The van der Waals surface area contributed by atoms with Crippen LogP contribution in [0, 0.1) is 5.41 Å². The van der Waals surface area contributed by atoms with Crippen LogP contribution in [0.15, 0.2) is 24.3 Å². The molecule has 2 rings (SSSR count). The largest absolute Gasteiger partial charge is 0.387 e. The summed E-state index contributed by atoms with van der Waals surface area (Å²) < 4.78 is 0. The van der Waals surface area contributed by atoms with Crippen molar-refractivity contribution in [3.8, 4) is 0 Å². The number of hydrogen-bond acceptors (Lipinski definition) is 2. The van der Waals surface area contributed by atoms with Crippen molar-refractivity contribution in [3.05, 3.63) is 35.4 Å².